The third kappa shape index (κ3) is 1.94. The average Bonchev–Trinajstić information content (AvgIpc) is 2.99. The molecule has 3 aromatic rings. The summed E-state index contributed by atoms with van der Waals surface area (Å²) in [7, 11) is 1.62. The van der Waals surface area contributed by atoms with Gasteiger partial charge in [-0.25, -0.2) is 9.78 Å². The largest absolute Gasteiger partial charge is 0.497 e. The summed E-state index contributed by atoms with van der Waals surface area (Å²) in [6, 6.07) is 7.62. The monoisotopic (exact) mass is 288 g/mol. The molecule has 2 heterocycles. The van der Waals surface area contributed by atoms with Gasteiger partial charge in [-0.3, -0.25) is 4.40 Å². The fraction of sp³-hybridized carbons (Fsp3) is 0.143. The van der Waals surface area contributed by atoms with E-state index in [4.69, 9.17) is 9.84 Å². The number of ether oxygens (including phenoxy) is 1. The van der Waals surface area contributed by atoms with Crippen LogP contribution in [0.5, 0.6) is 5.75 Å². The molecule has 0 unspecified atom stereocenters. The molecule has 0 atom stereocenters. The second-order valence-corrected chi connectivity index (χ2v) is 5.31. The van der Waals surface area contributed by atoms with Crippen LogP contribution in [0, 0.1) is 6.92 Å². The number of aryl methyl sites for hydroxylation is 1. The first kappa shape index (κ1) is 12.7. The molecule has 20 heavy (non-hydrogen) atoms. The van der Waals surface area contributed by atoms with Gasteiger partial charge in [0.2, 0.25) is 0 Å². The molecule has 1 N–H and O–H groups in total. The molecule has 0 bridgehead atoms. The van der Waals surface area contributed by atoms with Gasteiger partial charge in [0.25, 0.3) is 0 Å². The van der Waals surface area contributed by atoms with Crippen molar-refractivity contribution in [3.05, 3.63) is 41.0 Å². The summed E-state index contributed by atoms with van der Waals surface area (Å²) in [5.41, 5.74) is 2.44. The Morgan fingerprint density at radius 1 is 1.45 bits per heavy atom. The maximum Gasteiger partial charge on any atom is 0.347 e. The second kappa shape index (κ2) is 4.64. The highest BCUT2D eigenvalue weighted by Crippen LogP contribution is 2.28. The van der Waals surface area contributed by atoms with Gasteiger partial charge in [0.05, 0.1) is 12.8 Å². The maximum absolute atomic E-state index is 11.1. The third-order valence-corrected chi connectivity index (χ3v) is 4.26. The van der Waals surface area contributed by atoms with Crippen LogP contribution >= 0.6 is 11.3 Å². The highest BCUT2D eigenvalue weighted by atomic mass is 32.1. The van der Waals surface area contributed by atoms with E-state index in [1.54, 1.807) is 14.0 Å². The number of aromatic nitrogens is 2. The first-order valence-electron chi connectivity index (χ1n) is 5.96. The lowest BCUT2D eigenvalue weighted by atomic mass is 10.1. The Morgan fingerprint density at radius 3 is 2.90 bits per heavy atom. The van der Waals surface area contributed by atoms with Crippen molar-refractivity contribution in [2.24, 2.45) is 0 Å². The molecular weight excluding hydrogens is 276 g/mol. The normalized spacial score (nSPS) is 10.9. The summed E-state index contributed by atoms with van der Waals surface area (Å²) < 4.78 is 7.00. The molecule has 0 aliphatic rings. The molecule has 6 heteroatoms. The predicted octanol–water partition coefficient (Wildman–Crippen LogP) is 3.08. The molecule has 5 nitrogen and oxygen atoms in total. The summed E-state index contributed by atoms with van der Waals surface area (Å²) in [5.74, 6) is -0.150. The van der Waals surface area contributed by atoms with E-state index in [-0.39, 0.29) is 0 Å². The van der Waals surface area contributed by atoms with Gasteiger partial charge < -0.3 is 9.84 Å². The number of nitrogens with zero attached hydrogens (tertiary/aromatic N) is 2. The number of carboxylic acids is 1. The third-order valence-electron chi connectivity index (χ3n) is 3.12. The zero-order valence-electron chi connectivity index (χ0n) is 11.0. The van der Waals surface area contributed by atoms with Gasteiger partial charge in [-0.05, 0) is 19.1 Å². The lowest BCUT2D eigenvalue weighted by Crippen LogP contribution is -1.96. The molecular formula is C14H12N2O3S. The fourth-order valence-corrected chi connectivity index (χ4v) is 3.02. The van der Waals surface area contributed by atoms with E-state index in [1.807, 2.05) is 34.9 Å². The van der Waals surface area contributed by atoms with E-state index in [1.165, 1.54) is 11.3 Å². The van der Waals surface area contributed by atoms with Crippen molar-refractivity contribution in [3.8, 4) is 17.0 Å². The van der Waals surface area contributed by atoms with Crippen LogP contribution in [0.1, 0.15) is 15.4 Å². The summed E-state index contributed by atoms with van der Waals surface area (Å²) in [4.78, 5) is 16.6. The van der Waals surface area contributed by atoms with Crippen molar-refractivity contribution in [2.45, 2.75) is 6.92 Å². The molecule has 2 aromatic heterocycles. The van der Waals surface area contributed by atoms with Crippen LogP contribution in [0.15, 0.2) is 30.5 Å². The quantitative estimate of drug-likeness (QED) is 0.804. The maximum atomic E-state index is 11.1. The van der Waals surface area contributed by atoms with Crippen LogP contribution < -0.4 is 4.74 Å². The number of imidazole rings is 1. The Kier molecular flexibility index (Phi) is 2.94. The van der Waals surface area contributed by atoms with Crippen LogP contribution in [-0.2, 0) is 0 Å². The summed E-state index contributed by atoms with van der Waals surface area (Å²) in [6.45, 7) is 1.78. The van der Waals surface area contributed by atoms with Gasteiger partial charge in [-0.1, -0.05) is 23.5 Å². The number of thiazole rings is 1. The Morgan fingerprint density at radius 2 is 2.25 bits per heavy atom. The lowest BCUT2D eigenvalue weighted by molar-refractivity contribution is 0.0701. The number of hydrogen-bond acceptors (Lipinski definition) is 4. The first-order valence-corrected chi connectivity index (χ1v) is 6.78. The van der Waals surface area contributed by atoms with E-state index in [0.717, 1.165) is 17.0 Å². The van der Waals surface area contributed by atoms with E-state index >= 15 is 0 Å². The summed E-state index contributed by atoms with van der Waals surface area (Å²) in [6.07, 6.45) is 1.85. The van der Waals surface area contributed by atoms with Gasteiger partial charge in [0.15, 0.2) is 4.96 Å². The Balaban J connectivity index is 2.11. The van der Waals surface area contributed by atoms with Crippen molar-refractivity contribution in [2.75, 3.05) is 7.11 Å². The summed E-state index contributed by atoms with van der Waals surface area (Å²) in [5, 5.41) is 9.09. The van der Waals surface area contributed by atoms with Crippen molar-refractivity contribution in [1.29, 1.82) is 0 Å². The molecule has 0 aliphatic carbocycles. The van der Waals surface area contributed by atoms with Gasteiger partial charge in [-0.15, -0.1) is 0 Å². The highest BCUT2D eigenvalue weighted by molar-refractivity contribution is 7.19. The predicted molar refractivity (Wildman–Crippen MR) is 76.8 cm³/mol. The van der Waals surface area contributed by atoms with Crippen LogP contribution in [0.3, 0.4) is 0 Å². The Bertz CT molecular complexity index is 804. The number of carboxylic acid groups (broad SMARTS) is 1. The minimum atomic E-state index is -0.916. The van der Waals surface area contributed by atoms with E-state index < -0.39 is 5.97 Å². The van der Waals surface area contributed by atoms with Gasteiger partial charge >= 0.3 is 5.97 Å². The molecule has 0 spiro atoms. The van der Waals surface area contributed by atoms with Crippen LogP contribution in [-0.4, -0.2) is 27.6 Å². The summed E-state index contributed by atoms with van der Waals surface area (Å²) >= 11 is 1.18. The minimum absolute atomic E-state index is 0.324. The lowest BCUT2D eigenvalue weighted by Gasteiger charge is -2.01. The number of hydrogen-bond donors (Lipinski definition) is 1. The van der Waals surface area contributed by atoms with E-state index in [9.17, 15) is 4.79 Å². The molecule has 0 saturated carbocycles. The van der Waals surface area contributed by atoms with E-state index in [2.05, 4.69) is 4.98 Å². The highest BCUT2D eigenvalue weighted by Gasteiger charge is 2.17. The van der Waals surface area contributed by atoms with Crippen LogP contribution in [0.4, 0.5) is 0 Å². The molecule has 1 aromatic carbocycles. The zero-order valence-corrected chi connectivity index (χ0v) is 11.8. The molecule has 0 saturated heterocycles. The SMILES string of the molecule is COc1cccc(-c2cn3c(C)c(C(=O)O)sc3n2)c1. The van der Waals surface area contributed by atoms with Crippen LogP contribution in [0.25, 0.3) is 16.2 Å². The van der Waals surface area contributed by atoms with Gasteiger partial charge in [0, 0.05) is 17.5 Å². The Hall–Kier alpha value is -2.34. The van der Waals surface area contributed by atoms with Crippen molar-refractivity contribution < 1.29 is 14.6 Å². The molecule has 0 radical (unpaired) electrons. The number of fused-ring (bicyclic) bond motifs is 1. The average molecular weight is 288 g/mol. The smallest absolute Gasteiger partial charge is 0.347 e. The van der Waals surface area contributed by atoms with Crippen molar-refractivity contribution in [3.63, 3.8) is 0 Å². The van der Waals surface area contributed by atoms with E-state index in [0.29, 0.717) is 15.5 Å². The molecule has 0 amide bonds. The van der Waals surface area contributed by atoms with Gasteiger partial charge in [0.1, 0.15) is 10.6 Å². The van der Waals surface area contributed by atoms with Crippen molar-refractivity contribution >= 4 is 22.3 Å². The Labute approximate surface area is 119 Å². The topological polar surface area (TPSA) is 63.8 Å². The van der Waals surface area contributed by atoms with Crippen molar-refractivity contribution in [1.82, 2.24) is 9.38 Å². The molecule has 0 fully saturated rings. The van der Waals surface area contributed by atoms with Gasteiger partial charge in [-0.2, -0.15) is 0 Å². The van der Waals surface area contributed by atoms with Crippen LogP contribution in [0.2, 0.25) is 0 Å². The molecule has 0 aliphatic heterocycles. The number of benzene rings is 1. The fourth-order valence-electron chi connectivity index (χ4n) is 2.07. The molecule has 102 valence electrons. The minimum Gasteiger partial charge on any atom is -0.497 e. The number of rotatable bonds is 3. The standard InChI is InChI=1S/C14H12N2O3S/c1-8-12(13(17)18)20-14-15-11(7-16(8)14)9-4-3-5-10(6-9)19-2/h3-7H,1-2H3,(H,17,18). The molecule has 3 rings (SSSR count). The number of carbonyl (C=O) groups is 1. The number of methoxy groups -OCH3 is 1. The second-order valence-electron chi connectivity index (χ2n) is 4.33. The first-order chi connectivity index (χ1) is 9.60. The zero-order chi connectivity index (χ0) is 14.3. The number of aromatic carboxylic acids is 1.